The van der Waals surface area contributed by atoms with Gasteiger partial charge < -0.3 is 23.0 Å². The zero-order chi connectivity index (χ0) is 18.2. The van der Waals surface area contributed by atoms with Gasteiger partial charge in [0.2, 0.25) is 0 Å². The molecule has 0 aliphatic carbocycles. The number of hydrogen-bond acceptors (Lipinski definition) is 1. The SMILES string of the molecule is CC(C)C[NH+]=C(N)Nc1cccc(NC(=O)Nc2ccc(Cl)cc2)c1.[Cl-]. The van der Waals surface area contributed by atoms with Crippen molar-refractivity contribution in [1.82, 2.24) is 0 Å². The van der Waals surface area contributed by atoms with Crippen LogP contribution in [0.2, 0.25) is 5.02 Å². The number of halogens is 2. The number of nitrogens with two attached hydrogens (primary N) is 1. The Bertz CT molecular complexity index is 748. The van der Waals surface area contributed by atoms with Gasteiger partial charge in [-0.25, -0.2) is 10.1 Å². The van der Waals surface area contributed by atoms with Gasteiger partial charge in [-0.2, -0.15) is 0 Å². The molecule has 0 aliphatic heterocycles. The minimum atomic E-state index is -0.339. The summed E-state index contributed by atoms with van der Waals surface area (Å²) < 4.78 is 0. The third kappa shape index (κ3) is 7.63. The molecule has 0 fully saturated rings. The van der Waals surface area contributed by atoms with E-state index in [2.05, 4.69) is 34.8 Å². The molecule has 0 atom stereocenters. The molecule has 0 radical (unpaired) electrons. The Labute approximate surface area is 164 Å². The molecular weight excluding hydrogens is 373 g/mol. The fraction of sp³-hybridized carbons (Fsp3) is 0.222. The van der Waals surface area contributed by atoms with Crippen LogP contribution in [0.5, 0.6) is 0 Å². The van der Waals surface area contributed by atoms with Crippen LogP contribution in [0.15, 0.2) is 48.5 Å². The van der Waals surface area contributed by atoms with E-state index in [-0.39, 0.29) is 18.4 Å². The lowest BCUT2D eigenvalue weighted by atomic mass is 10.2. The van der Waals surface area contributed by atoms with Crippen molar-refractivity contribution in [1.29, 1.82) is 0 Å². The molecule has 140 valence electrons. The van der Waals surface area contributed by atoms with Gasteiger partial charge in [0.05, 0.1) is 6.54 Å². The Kier molecular flexibility index (Phi) is 8.75. The summed E-state index contributed by atoms with van der Waals surface area (Å²) in [5.74, 6) is 0.960. The molecule has 6 nitrogen and oxygen atoms in total. The fourth-order valence-electron chi connectivity index (χ4n) is 2.02. The van der Waals surface area contributed by atoms with Crippen LogP contribution in [0.25, 0.3) is 0 Å². The number of anilines is 3. The van der Waals surface area contributed by atoms with E-state index in [1.165, 1.54) is 0 Å². The van der Waals surface area contributed by atoms with Gasteiger partial charge in [-0.3, -0.25) is 10.7 Å². The van der Waals surface area contributed by atoms with E-state index in [4.69, 9.17) is 17.3 Å². The van der Waals surface area contributed by atoms with E-state index in [0.717, 1.165) is 12.2 Å². The summed E-state index contributed by atoms with van der Waals surface area (Å²) in [6.07, 6.45) is 0. The molecule has 0 saturated heterocycles. The molecular formula is C18H23Cl2N5O. The molecule has 6 N–H and O–H groups in total. The molecule has 2 aromatic rings. The van der Waals surface area contributed by atoms with Crippen molar-refractivity contribution in [2.75, 3.05) is 22.5 Å². The topological polar surface area (TPSA) is 93.2 Å². The molecule has 2 rings (SSSR count). The highest BCUT2D eigenvalue weighted by atomic mass is 35.5. The number of guanidine groups is 1. The number of amides is 2. The van der Waals surface area contributed by atoms with Crippen molar-refractivity contribution in [3.63, 3.8) is 0 Å². The number of urea groups is 1. The molecule has 0 saturated carbocycles. The predicted molar refractivity (Wildman–Crippen MR) is 104 cm³/mol. The van der Waals surface area contributed by atoms with Crippen LogP contribution >= 0.6 is 11.6 Å². The summed E-state index contributed by atoms with van der Waals surface area (Å²) in [6, 6.07) is 13.8. The normalized spacial score (nSPS) is 10.8. The summed E-state index contributed by atoms with van der Waals surface area (Å²) in [5.41, 5.74) is 7.98. The van der Waals surface area contributed by atoms with Gasteiger partial charge in [-0.1, -0.05) is 31.5 Å². The smallest absolute Gasteiger partial charge is 0.346 e. The lowest BCUT2D eigenvalue weighted by Crippen LogP contribution is -3.00. The van der Waals surface area contributed by atoms with Gasteiger partial charge in [-0.05, 0) is 42.3 Å². The van der Waals surface area contributed by atoms with E-state index in [1.54, 1.807) is 36.4 Å². The number of carbonyl (C=O) groups excluding carboxylic acids is 1. The first-order valence-corrected chi connectivity index (χ1v) is 8.37. The summed E-state index contributed by atoms with van der Waals surface area (Å²) in [7, 11) is 0. The molecule has 8 heteroatoms. The average Bonchev–Trinajstić information content (AvgIpc) is 2.55. The third-order valence-electron chi connectivity index (χ3n) is 3.20. The highest BCUT2D eigenvalue weighted by Crippen LogP contribution is 2.16. The molecule has 0 aliphatic rings. The van der Waals surface area contributed by atoms with Crippen LogP contribution in [0, 0.1) is 5.92 Å². The quantitative estimate of drug-likeness (QED) is 0.347. The first-order valence-electron chi connectivity index (χ1n) is 7.99. The van der Waals surface area contributed by atoms with Gasteiger partial charge in [-0.15, -0.1) is 0 Å². The first-order chi connectivity index (χ1) is 11.9. The number of nitrogens with one attached hydrogen (secondary N) is 4. The van der Waals surface area contributed by atoms with Crippen molar-refractivity contribution in [3.8, 4) is 0 Å². The van der Waals surface area contributed by atoms with Gasteiger partial charge in [0.15, 0.2) is 0 Å². The van der Waals surface area contributed by atoms with Gasteiger partial charge >= 0.3 is 12.0 Å². The van der Waals surface area contributed by atoms with E-state index in [1.807, 2.05) is 12.1 Å². The minimum absolute atomic E-state index is 0. The Morgan fingerprint density at radius 1 is 1.04 bits per heavy atom. The first kappa shape index (κ1) is 21.6. The minimum Gasteiger partial charge on any atom is -1.00 e. The van der Waals surface area contributed by atoms with Crippen molar-refractivity contribution in [2.24, 2.45) is 11.7 Å². The second kappa shape index (κ2) is 10.5. The van der Waals surface area contributed by atoms with E-state index >= 15 is 0 Å². The summed E-state index contributed by atoms with van der Waals surface area (Å²) >= 11 is 5.82. The number of benzene rings is 2. The number of rotatable bonds is 5. The summed E-state index contributed by atoms with van der Waals surface area (Å²) in [5, 5.41) is 9.19. The molecule has 0 spiro atoms. The summed E-state index contributed by atoms with van der Waals surface area (Å²) in [6.45, 7) is 4.98. The maximum atomic E-state index is 12.1. The average molecular weight is 396 g/mol. The third-order valence-corrected chi connectivity index (χ3v) is 3.45. The van der Waals surface area contributed by atoms with Crippen molar-refractivity contribution in [2.45, 2.75) is 13.8 Å². The lowest BCUT2D eigenvalue weighted by Gasteiger charge is -2.09. The Morgan fingerprint density at radius 3 is 2.23 bits per heavy atom. The zero-order valence-corrected chi connectivity index (χ0v) is 16.2. The van der Waals surface area contributed by atoms with Crippen LogP contribution < -0.4 is 39.1 Å². The fourth-order valence-corrected chi connectivity index (χ4v) is 2.14. The Morgan fingerprint density at radius 2 is 1.62 bits per heavy atom. The standard InChI is InChI=1S/C18H22ClN5O.ClH/c1-12(2)11-21-17(20)22-15-4-3-5-16(10-15)24-18(25)23-14-8-6-13(19)7-9-14;/h3-10,12H,11H2,1-2H3,(H3,20,21,22)(H2,23,24,25);1H. The van der Waals surface area contributed by atoms with Crippen LogP contribution in [-0.4, -0.2) is 18.5 Å². The van der Waals surface area contributed by atoms with E-state index in [0.29, 0.717) is 28.3 Å². The molecule has 0 bridgehead atoms. The zero-order valence-electron chi connectivity index (χ0n) is 14.6. The molecule has 0 heterocycles. The second-order valence-electron chi connectivity index (χ2n) is 5.98. The van der Waals surface area contributed by atoms with Crippen LogP contribution in [0.4, 0.5) is 21.9 Å². The monoisotopic (exact) mass is 395 g/mol. The van der Waals surface area contributed by atoms with Crippen molar-refractivity contribution >= 4 is 40.7 Å². The van der Waals surface area contributed by atoms with Crippen LogP contribution in [0.1, 0.15) is 13.8 Å². The number of carbonyl (C=O) groups is 1. The van der Waals surface area contributed by atoms with Crippen LogP contribution in [-0.2, 0) is 0 Å². The maximum Gasteiger partial charge on any atom is 0.346 e. The lowest BCUT2D eigenvalue weighted by molar-refractivity contribution is -0.465. The maximum absolute atomic E-state index is 12.1. The largest absolute Gasteiger partial charge is 1.00 e. The predicted octanol–water partition coefficient (Wildman–Crippen LogP) is -0.549. The molecule has 0 aromatic heterocycles. The molecule has 0 unspecified atom stereocenters. The van der Waals surface area contributed by atoms with Gasteiger partial charge in [0.25, 0.3) is 0 Å². The molecule has 2 amide bonds. The Hall–Kier alpha value is -2.44. The van der Waals surface area contributed by atoms with Crippen molar-refractivity contribution in [3.05, 3.63) is 53.6 Å². The molecule has 26 heavy (non-hydrogen) atoms. The number of hydrogen-bond donors (Lipinski definition) is 5. The van der Waals surface area contributed by atoms with Crippen molar-refractivity contribution < 1.29 is 22.2 Å². The van der Waals surface area contributed by atoms with Gasteiger partial charge in [0.1, 0.15) is 5.69 Å². The van der Waals surface area contributed by atoms with E-state index < -0.39 is 0 Å². The van der Waals surface area contributed by atoms with E-state index in [9.17, 15) is 4.79 Å². The molecule has 2 aromatic carbocycles. The Balaban J connectivity index is 0.00000338. The van der Waals surface area contributed by atoms with Gasteiger partial charge in [0, 0.05) is 22.5 Å². The second-order valence-corrected chi connectivity index (χ2v) is 6.42. The highest BCUT2D eigenvalue weighted by Gasteiger charge is 2.06. The van der Waals surface area contributed by atoms with Crippen LogP contribution in [0.3, 0.4) is 0 Å². The summed E-state index contributed by atoms with van der Waals surface area (Å²) in [4.78, 5) is 15.2. The highest BCUT2D eigenvalue weighted by molar-refractivity contribution is 6.30.